The number of methoxy groups -OCH3 is 1. The fourth-order valence-corrected chi connectivity index (χ4v) is 3.72. The molecule has 0 radical (unpaired) electrons. The van der Waals surface area contributed by atoms with Crippen molar-refractivity contribution in [2.24, 2.45) is 0 Å². The lowest BCUT2D eigenvalue weighted by Crippen LogP contribution is -2.27. The number of ether oxygens (including phenoxy) is 1. The number of anilines is 1. The quantitative estimate of drug-likeness (QED) is 0.826. The normalized spacial score (nSPS) is 12.8. The average molecular weight is 354 g/mol. The Morgan fingerprint density at radius 2 is 2.22 bits per heavy atom. The van der Waals surface area contributed by atoms with Crippen LogP contribution in [-0.2, 0) is 24.2 Å². The van der Waals surface area contributed by atoms with E-state index in [2.05, 4.69) is 40.3 Å². The van der Waals surface area contributed by atoms with Crippen LogP contribution in [0.2, 0.25) is 0 Å². The molecule has 1 aliphatic rings. The van der Waals surface area contributed by atoms with Gasteiger partial charge < -0.3 is 10.1 Å². The smallest absolute Gasteiger partial charge is 0.0798 e. The summed E-state index contributed by atoms with van der Waals surface area (Å²) in [5.74, 6) is 0. The van der Waals surface area contributed by atoms with Gasteiger partial charge in [0.25, 0.3) is 0 Å². The molecular formula is C17H24ClN3OS. The van der Waals surface area contributed by atoms with Crippen molar-refractivity contribution in [3.63, 3.8) is 0 Å². The summed E-state index contributed by atoms with van der Waals surface area (Å²) in [5, 5.41) is 3.53. The third-order valence-electron chi connectivity index (χ3n) is 4.15. The molecule has 0 saturated heterocycles. The number of halogens is 1. The van der Waals surface area contributed by atoms with Gasteiger partial charge in [0.05, 0.1) is 17.8 Å². The minimum Gasteiger partial charge on any atom is -0.384 e. The first-order valence-corrected chi connectivity index (χ1v) is 8.61. The fourth-order valence-electron chi connectivity index (χ4n) is 2.90. The number of fused-ring (bicyclic) bond motifs is 1. The average Bonchev–Trinajstić information content (AvgIpc) is 3.15. The Morgan fingerprint density at radius 1 is 1.35 bits per heavy atom. The Hall–Kier alpha value is -1.14. The van der Waals surface area contributed by atoms with Crippen LogP contribution in [0.5, 0.6) is 0 Å². The third-order valence-corrected chi connectivity index (χ3v) is 5.07. The lowest BCUT2D eigenvalue weighted by atomic mass is 10.1. The molecule has 0 saturated carbocycles. The summed E-state index contributed by atoms with van der Waals surface area (Å²) < 4.78 is 5.28. The minimum atomic E-state index is 0. The number of para-hydroxylation sites is 1. The van der Waals surface area contributed by atoms with Gasteiger partial charge in [0.1, 0.15) is 0 Å². The highest BCUT2D eigenvalue weighted by Crippen LogP contribution is 2.28. The van der Waals surface area contributed by atoms with Crippen LogP contribution in [0.4, 0.5) is 5.69 Å². The van der Waals surface area contributed by atoms with E-state index in [1.165, 1.54) is 21.7 Å². The Kier molecular flexibility index (Phi) is 6.84. The third kappa shape index (κ3) is 4.44. The molecule has 4 nitrogen and oxygen atoms in total. The minimum absolute atomic E-state index is 0. The molecule has 1 aliphatic heterocycles. The maximum absolute atomic E-state index is 5.28. The Balaban J connectivity index is 0.00000192. The Bertz CT molecular complexity index is 632. The zero-order valence-electron chi connectivity index (χ0n) is 13.7. The van der Waals surface area contributed by atoms with Crippen molar-refractivity contribution < 1.29 is 4.74 Å². The summed E-state index contributed by atoms with van der Waals surface area (Å²) in [7, 11) is 1.76. The lowest BCUT2D eigenvalue weighted by molar-refractivity contribution is 0.140. The second-order valence-electron chi connectivity index (χ2n) is 5.69. The van der Waals surface area contributed by atoms with E-state index in [9.17, 15) is 0 Å². The molecule has 0 atom stereocenters. The molecule has 0 fully saturated rings. The summed E-state index contributed by atoms with van der Waals surface area (Å²) in [6.45, 7) is 6.69. The topological polar surface area (TPSA) is 37.4 Å². The maximum atomic E-state index is 5.28. The first-order chi connectivity index (χ1) is 10.8. The maximum Gasteiger partial charge on any atom is 0.0798 e. The van der Waals surface area contributed by atoms with Crippen LogP contribution in [0, 0.1) is 6.92 Å². The Morgan fingerprint density at radius 3 is 2.96 bits per heavy atom. The van der Waals surface area contributed by atoms with Crippen LogP contribution >= 0.6 is 23.7 Å². The van der Waals surface area contributed by atoms with Gasteiger partial charge in [-0.15, -0.1) is 23.7 Å². The predicted octanol–water partition coefficient (Wildman–Crippen LogP) is 3.49. The van der Waals surface area contributed by atoms with E-state index < -0.39 is 0 Å². The van der Waals surface area contributed by atoms with Crippen LogP contribution in [0.1, 0.15) is 21.7 Å². The van der Waals surface area contributed by atoms with E-state index in [1.807, 2.05) is 5.51 Å². The van der Waals surface area contributed by atoms with Gasteiger partial charge in [-0.3, -0.25) is 4.90 Å². The molecule has 126 valence electrons. The number of aromatic nitrogens is 1. The SMILES string of the molecule is COCCN(Cc1cccc2c1NCC2)Cc1scnc1C.Cl. The molecule has 0 bridgehead atoms. The number of hydrogen-bond donors (Lipinski definition) is 1. The van der Waals surface area contributed by atoms with Crippen molar-refractivity contribution in [2.45, 2.75) is 26.4 Å². The first kappa shape index (κ1) is 18.2. The number of nitrogens with one attached hydrogen (secondary N) is 1. The van der Waals surface area contributed by atoms with E-state index in [-0.39, 0.29) is 12.4 Å². The van der Waals surface area contributed by atoms with Crippen LogP contribution in [0.25, 0.3) is 0 Å². The van der Waals surface area contributed by atoms with E-state index in [0.29, 0.717) is 0 Å². The van der Waals surface area contributed by atoms with Crippen molar-refractivity contribution in [1.82, 2.24) is 9.88 Å². The molecule has 3 rings (SSSR count). The van der Waals surface area contributed by atoms with E-state index in [1.54, 1.807) is 18.4 Å². The Labute approximate surface area is 148 Å². The highest BCUT2D eigenvalue weighted by molar-refractivity contribution is 7.09. The van der Waals surface area contributed by atoms with Crippen LogP contribution in [0.15, 0.2) is 23.7 Å². The summed E-state index contributed by atoms with van der Waals surface area (Å²) in [6, 6.07) is 6.63. The van der Waals surface area contributed by atoms with Gasteiger partial charge in [0.15, 0.2) is 0 Å². The highest BCUT2D eigenvalue weighted by Gasteiger charge is 2.17. The van der Waals surface area contributed by atoms with Gasteiger partial charge in [-0.2, -0.15) is 0 Å². The van der Waals surface area contributed by atoms with Crippen molar-refractivity contribution in [3.05, 3.63) is 45.4 Å². The van der Waals surface area contributed by atoms with Crippen molar-refractivity contribution in [1.29, 1.82) is 0 Å². The van der Waals surface area contributed by atoms with E-state index in [0.717, 1.165) is 44.9 Å². The van der Waals surface area contributed by atoms with Gasteiger partial charge in [-0.1, -0.05) is 18.2 Å². The molecule has 6 heteroatoms. The molecule has 2 aromatic rings. The second-order valence-corrected chi connectivity index (χ2v) is 6.63. The van der Waals surface area contributed by atoms with Crippen LogP contribution < -0.4 is 5.32 Å². The van der Waals surface area contributed by atoms with E-state index >= 15 is 0 Å². The zero-order valence-corrected chi connectivity index (χ0v) is 15.3. The van der Waals surface area contributed by atoms with Gasteiger partial charge >= 0.3 is 0 Å². The second kappa shape index (κ2) is 8.64. The molecular weight excluding hydrogens is 330 g/mol. The van der Waals surface area contributed by atoms with Gasteiger partial charge in [-0.25, -0.2) is 4.98 Å². The fraction of sp³-hybridized carbons (Fsp3) is 0.471. The number of rotatable bonds is 7. The number of hydrogen-bond acceptors (Lipinski definition) is 5. The van der Waals surface area contributed by atoms with Gasteiger partial charge in [-0.05, 0) is 24.5 Å². The first-order valence-electron chi connectivity index (χ1n) is 7.73. The van der Waals surface area contributed by atoms with E-state index in [4.69, 9.17) is 4.74 Å². The summed E-state index contributed by atoms with van der Waals surface area (Å²) in [5.41, 5.74) is 7.24. The van der Waals surface area contributed by atoms with Gasteiger partial charge in [0.2, 0.25) is 0 Å². The monoisotopic (exact) mass is 353 g/mol. The summed E-state index contributed by atoms with van der Waals surface area (Å²) in [6.07, 6.45) is 1.13. The number of thiazole rings is 1. The van der Waals surface area contributed by atoms with Crippen LogP contribution in [0.3, 0.4) is 0 Å². The van der Waals surface area contributed by atoms with Crippen molar-refractivity contribution in [2.75, 3.05) is 32.1 Å². The van der Waals surface area contributed by atoms with Crippen molar-refractivity contribution >= 4 is 29.4 Å². The summed E-state index contributed by atoms with van der Waals surface area (Å²) in [4.78, 5) is 8.15. The van der Waals surface area contributed by atoms with Crippen LogP contribution in [-0.4, -0.2) is 36.7 Å². The number of benzene rings is 1. The van der Waals surface area contributed by atoms with Crippen molar-refractivity contribution in [3.8, 4) is 0 Å². The summed E-state index contributed by atoms with van der Waals surface area (Å²) >= 11 is 1.74. The molecule has 0 amide bonds. The molecule has 23 heavy (non-hydrogen) atoms. The molecule has 1 aromatic carbocycles. The molecule has 1 N–H and O–H groups in total. The molecule has 0 aliphatic carbocycles. The highest BCUT2D eigenvalue weighted by atomic mass is 35.5. The largest absolute Gasteiger partial charge is 0.384 e. The zero-order chi connectivity index (χ0) is 15.4. The standard InChI is InChI=1S/C17H23N3OS.ClH/c1-13-16(22-12-19-13)11-20(8-9-21-2)10-15-5-3-4-14-6-7-18-17(14)15;/h3-5,12,18H,6-11H2,1-2H3;1H. The molecule has 2 heterocycles. The lowest BCUT2D eigenvalue weighted by Gasteiger charge is -2.23. The molecule has 1 aromatic heterocycles. The number of aryl methyl sites for hydroxylation is 1. The molecule has 0 spiro atoms. The number of nitrogens with zero attached hydrogens (tertiary/aromatic N) is 2. The predicted molar refractivity (Wildman–Crippen MR) is 98.7 cm³/mol. The molecule has 0 unspecified atom stereocenters. The van der Waals surface area contributed by atoms with Gasteiger partial charge in [0, 0.05) is 43.9 Å².